The van der Waals surface area contributed by atoms with Crippen LogP contribution in [-0.2, 0) is 17.5 Å². The van der Waals surface area contributed by atoms with Crippen molar-refractivity contribution in [1.29, 1.82) is 0 Å². The molecule has 2 rings (SSSR count). The molecule has 0 bridgehead atoms. The minimum Gasteiger partial charge on any atom is -0.353 e. The van der Waals surface area contributed by atoms with Gasteiger partial charge in [0.1, 0.15) is 6.54 Å². The molecule has 0 radical (unpaired) electrons. The van der Waals surface area contributed by atoms with Crippen LogP contribution in [0.1, 0.15) is 19.5 Å². The van der Waals surface area contributed by atoms with Gasteiger partial charge in [0.05, 0.1) is 0 Å². The van der Waals surface area contributed by atoms with Gasteiger partial charge >= 0.3 is 6.18 Å². The molecule has 136 valence electrons. The van der Waals surface area contributed by atoms with Crippen molar-refractivity contribution in [3.8, 4) is 0 Å². The van der Waals surface area contributed by atoms with E-state index in [1.165, 1.54) is 0 Å². The predicted molar refractivity (Wildman–Crippen MR) is 83.4 cm³/mol. The first kappa shape index (κ1) is 18.7. The molecule has 2 heterocycles. The third-order valence-electron chi connectivity index (χ3n) is 4.31. The van der Waals surface area contributed by atoms with E-state index in [9.17, 15) is 18.0 Å². The molecule has 9 heteroatoms. The van der Waals surface area contributed by atoms with Crippen LogP contribution < -0.4 is 5.32 Å². The zero-order valence-electron chi connectivity index (χ0n) is 14.0. The van der Waals surface area contributed by atoms with Crippen molar-refractivity contribution in [3.63, 3.8) is 0 Å². The summed E-state index contributed by atoms with van der Waals surface area (Å²) in [4.78, 5) is 16.6. The van der Waals surface area contributed by atoms with Crippen LogP contribution in [0.25, 0.3) is 0 Å². The van der Waals surface area contributed by atoms with Gasteiger partial charge in [-0.15, -0.1) is 0 Å². The van der Waals surface area contributed by atoms with Gasteiger partial charge in [0.2, 0.25) is 5.91 Å². The number of amides is 1. The fraction of sp³-hybridized carbons (Fsp3) is 0.733. The van der Waals surface area contributed by atoms with Crippen molar-refractivity contribution < 1.29 is 18.0 Å². The van der Waals surface area contributed by atoms with Crippen LogP contribution in [0.2, 0.25) is 0 Å². The number of nitrogens with one attached hydrogen (secondary N) is 1. The summed E-state index contributed by atoms with van der Waals surface area (Å²) >= 11 is 0. The first-order valence-electron chi connectivity index (χ1n) is 8.13. The number of aromatic nitrogens is 2. The van der Waals surface area contributed by atoms with E-state index in [0.29, 0.717) is 6.54 Å². The predicted octanol–water partition coefficient (Wildman–Crippen LogP) is 1.04. The van der Waals surface area contributed by atoms with Crippen LogP contribution in [0.5, 0.6) is 0 Å². The van der Waals surface area contributed by atoms with E-state index in [0.717, 1.165) is 49.7 Å². The first-order chi connectivity index (χ1) is 11.3. The SMILES string of the molecule is CCN1CCN([C@H](C)CNC(=O)Cn2ccc(C(F)(F)F)n2)CC1. The van der Waals surface area contributed by atoms with E-state index in [-0.39, 0.29) is 18.5 Å². The number of piperazine rings is 1. The van der Waals surface area contributed by atoms with Gasteiger partial charge in [-0.3, -0.25) is 14.4 Å². The number of likely N-dealkylation sites (N-methyl/N-ethyl adjacent to an activating group) is 1. The molecule has 0 aliphatic carbocycles. The fourth-order valence-corrected chi connectivity index (χ4v) is 2.71. The largest absolute Gasteiger partial charge is 0.435 e. The van der Waals surface area contributed by atoms with E-state index in [2.05, 4.69) is 27.1 Å². The molecule has 1 atom stereocenters. The molecule has 1 N–H and O–H groups in total. The quantitative estimate of drug-likeness (QED) is 0.836. The van der Waals surface area contributed by atoms with E-state index in [1.807, 2.05) is 6.92 Å². The fourth-order valence-electron chi connectivity index (χ4n) is 2.71. The lowest BCUT2D eigenvalue weighted by Crippen LogP contribution is -2.52. The average molecular weight is 347 g/mol. The Morgan fingerprint density at radius 1 is 1.33 bits per heavy atom. The van der Waals surface area contributed by atoms with Crippen LogP contribution >= 0.6 is 0 Å². The number of carbonyl (C=O) groups is 1. The van der Waals surface area contributed by atoms with Gasteiger partial charge in [0.25, 0.3) is 0 Å². The third kappa shape index (κ3) is 5.20. The molecule has 0 aromatic carbocycles. The number of nitrogens with zero attached hydrogens (tertiary/aromatic N) is 4. The maximum absolute atomic E-state index is 12.5. The molecular formula is C15H24F3N5O. The summed E-state index contributed by atoms with van der Waals surface area (Å²) in [5.41, 5.74) is -0.988. The highest BCUT2D eigenvalue weighted by Crippen LogP contribution is 2.27. The standard InChI is InChI=1S/C15H24F3N5O/c1-3-21-6-8-22(9-7-21)12(2)10-19-14(24)11-23-5-4-13(20-23)15(16,17)18/h4-5,12H,3,6-11H2,1-2H3,(H,19,24)/t12-/m1/s1. The Morgan fingerprint density at radius 3 is 2.54 bits per heavy atom. The average Bonchev–Trinajstić information content (AvgIpc) is 3.01. The summed E-state index contributed by atoms with van der Waals surface area (Å²) in [5.74, 6) is -0.342. The summed E-state index contributed by atoms with van der Waals surface area (Å²) in [6.07, 6.45) is -3.33. The normalized spacial score (nSPS) is 18.5. The van der Waals surface area contributed by atoms with Crippen LogP contribution in [0, 0.1) is 0 Å². The highest BCUT2D eigenvalue weighted by Gasteiger charge is 2.33. The molecule has 24 heavy (non-hydrogen) atoms. The molecule has 0 unspecified atom stereocenters. The number of alkyl halides is 3. The van der Waals surface area contributed by atoms with Crippen LogP contribution in [0.3, 0.4) is 0 Å². The molecule has 1 aromatic rings. The summed E-state index contributed by atoms with van der Waals surface area (Å²) in [6, 6.07) is 1.06. The molecular weight excluding hydrogens is 323 g/mol. The van der Waals surface area contributed by atoms with Crippen LogP contribution in [0.4, 0.5) is 13.2 Å². The summed E-state index contributed by atoms with van der Waals surface area (Å²) in [6.45, 7) is 9.42. The zero-order chi connectivity index (χ0) is 17.7. The van der Waals surface area contributed by atoms with E-state index in [1.54, 1.807) is 0 Å². The van der Waals surface area contributed by atoms with Crippen LogP contribution in [-0.4, -0.2) is 70.8 Å². The first-order valence-corrected chi connectivity index (χ1v) is 8.13. The molecule has 1 fully saturated rings. The Balaban J connectivity index is 1.74. The van der Waals surface area contributed by atoms with E-state index < -0.39 is 11.9 Å². The Morgan fingerprint density at radius 2 is 2.00 bits per heavy atom. The van der Waals surface area contributed by atoms with Crippen molar-refractivity contribution in [3.05, 3.63) is 18.0 Å². The number of hydrogen-bond acceptors (Lipinski definition) is 4. The van der Waals surface area contributed by atoms with Gasteiger partial charge in [-0.2, -0.15) is 18.3 Å². The van der Waals surface area contributed by atoms with Crippen molar-refractivity contribution >= 4 is 5.91 Å². The summed E-state index contributed by atoms with van der Waals surface area (Å²) < 4.78 is 38.4. The lowest BCUT2D eigenvalue weighted by Gasteiger charge is -2.37. The summed E-state index contributed by atoms with van der Waals surface area (Å²) in [7, 11) is 0. The Bertz CT molecular complexity index is 537. The molecule has 0 saturated carbocycles. The van der Waals surface area contributed by atoms with Gasteiger partial charge in [0.15, 0.2) is 5.69 Å². The lowest BCUT2D eigenvalue weighted by molar-refractivity contribution is -0.141. The second kappa shape index (κ2) is 7.98. The van der Waals surface area contributed by atoms with E-state index in [4.69, 9.17) is 0 Å². The molecule has 6 nitrogen and oxygen atoms in total. The van der Waals surface area contributed by atoms with Gasteiger partial charge in [-0.05, 0) is 19.5 Å². The van der Waals surface area contributed by atoms with Crippen LogP contribution in [0.15, 0.2) is 12.3 Å². The van der Waals surface area contributed by atoms with Gasteiger partial charge < -0.3 is 10.2 Å². The lowest BCUT2D eigenvalue weighted by atomic mass is 10.2. The molecule has 1 amide bonds. The van der Waals surface area contributed by atoms with Gasteiger partial charge in [-0.25, -0.2) is 0 Å². The van der Waals surface area contributed by atoms with Gasteiger partial charge in [0, 0.05) is 45.0 Å². The van der Waals surface area contributed by atoms with Gasteiger partial charge in [-0.1, -0.05) is 6.92 Å². The number of carbonyl (C=O) groups excluding carboxylic acids is 1. The molecule has 1 aromatic heterocycles. The second-order valence-corrected chi connectivity index (χ2v) is 6.02. The van der Waals surface area contributed by atoms with Crippen molar-refractivity contribution in [2.24, 2.45) is 0 Å². The Labute approximate surface area is 139 Å². The van der Waals surface area contributed by atoms with Crippen molar-refractivity contribution in [2.75, 3.05) is 39.3 Å². The number of halogens is 3. The highest BCUT2D eigenvalue weighted by atomic mass is 19.4. The minimum atomic E-state index is -4.49. The second-order valence-electron chi connectivity index (χ2n) is 6.02. The topological polar surface area (TPSA) is 53.4 Å². The number of rotatable bonds is 6. The smallest absolute Gasteiger partial charge is 0.353 e. The monoisotopic (exact) mass is 347 g/mol. The van der Waals surface area contributed by atoms with Crippen molar-refractivity contribution in [1.82, 2.24) is 24.9 Å². The maximum atomic E-state index is 12.5. The molecule has 1 aliphatic rings. The molecule has 1 saturated heterocycles. The molecule has 1 aliphatic heterocycles. The Kier molecular flexibility index (Phi) is 6.22. The number of hydrogen-bond donors (Lipinski definition) is 1. The van der Waals surface area contributed by atoms with E-state index >= 15 is 0 Å². The third-order valence-corrected chi connectivity index (χ3v) is 4.31. The maximum Gasteiger partial charge on any atom is 0.435 e. The minimum absolute atomic E-state index is 0.191. The zero-order valence-corrected chi connectivity index (χ0v) is 14.0. The Hall–Kier alpha value is -1.61. The summed E-state index contributed by atoms with van der Waals surface area (Å²) in [5, 5.41) is 6.14. The van der Waals surface area contributed by atoms with Crippen molar-refractivity contribution in [2.45, 2.75) is 32.6 Å². The molecule has 0 spiro atoms. The highest BCUT2D eigenvalue weighted by molar-refractivity contribution is 5.75.